The minimum atomic E-state index is 0.583. The van der Waals surface area contributed by atoms with Crippen LogP contribution in [0.3, 0.4) is 0 Å². The number of benzene rings is 1. The summed E-state index contributed by atoms with van der Waals surface area (Å²) in [5.74, 6) is 2.27. The van der Waals surface area contributed by atoms with Crippen molar-refractivity contribution in [2.45, 2.75) is 39.5 Å². The van der Waals surface area contributed by atoms with Gasteiger partial charge in [-0.3, -0.25) is 4.99 Å². The molecule has 6 heteroatoms. The molecule has 0 fully saturated rings. The van der Waals surface area contributed by atoms with Gasteiger partial charge in [-0.1, -0.05) is 37.6 Å². The number of unbranched alkanes of at least 4 members (excludes halogenated alkanes) is 1. The molecule has 0 saturated carbocycles. The lowest BCUT2D eigenvalue weighted by Gasteiger charge is -2.21. The van der Waals surface area contributed by atoms with Crippen molar-refractivity contribution in [3.8, 4) is 11.5 Å². The van der Waals surface area contributed by atoms with Crippen LogP contribution < -0.4 is 5.32 Å². The summed E-state index contributed by atoms with van der Waals surface area (Å²) in [6.45, 7) is 6.08. The van der Waals surface area contributed by atoms with Crippen molar-refractivity contribution in [2.75, 3.05) is 27.2 Å². The van der Waals surface area contributed by atoms with E-state index < -0.39 is 0 Å². The fraction of sp³-hybridized carbons (Fsp3) is 0.526. The van der Waals surface area contributed by atoms with E-state index in [1.165, 1.54) is 18.4 Å². The van der Waals surface area contributed by atoms with Crippen LogP contribution >= 0.6 is 0 Å². The number of aliphatic imine (C=N–C) groups is 1. The molecule has 0 radical (unpaired) electrons. The number of rotatable bonds is 8. The second-order valence-corrected chi connectivity index (χ2v) is 6.07. The third kappa shape index (κ3) is 5.59. The third-order valence-corrected chi connectivity index (χ3v) is 4.10. The maximum atomic E-state index is 5.27. The molecule has 0 spiro atoms. The van der Waals surface area contributed by atoms with E-state index in [2.05, 4.69) is 51.5 Å². The molecule has 6 nitrogen and oxygen atoms in total. The van der Waals surface area contributed by atoms with Crippen LogP contribution in [0.4, 0.5) is 0 Å². The lowest BCUT2D eigenvalue weighted by atomic mass is 10.1. The SMILES string of the molecule is CCCCN(C)C(=NC)NCCc1ccc(-c2nc(CC)no2)cc1. The molecule has 2 rings (SSSR count). The van der Waals surface area contributed by atoms with Crippen molar-refractivity contribution in [2.24, 2.45) is 4.99 Å². The largest absolute Gasteiger partial charge is 0.356 e. The molecule has 1 heterocycles. The first-order valence-electron chi connectivity index (χ1n) is 9.01. The molecule has 0 aliphatic rings. The molecule has 0 bridgehead atoms. The van der Waals surface area contributed by atoms with Gasteiger partial charge in [0.25, 0.3) is 5.89 Å². The van der Waals surface area contributed by atoms with E-state index in [0.717, 1.165) is 43.3 Å². The topological polar surface area (TPSA) is 66.5 Å². The molecule has 136 valence electrons. The Hall–Kier alpha value is -2.37. The Morgan fingerprint density at radius 2 is 2.00 bits per heavy atom. The Balaban J connectivity index is 1.85. The number of hydrogen-bond acceptors (Lipinski definition) is 4. The van der Waals surface area contributed by atoms with Crippen LogP contribution in [0.2, 0.25) is 0 Å². The van der Waals surface area contributed by atoms with Crippen molar-refractivity contribution in [3.05, 3.63) is 35.7 Å². The van der Waals surface area contributed by atoms with Crippen molar-refractivity contribution in [3.63, 3.8) is 0 Å². The summed E-state index contributed by atoms with van der Waals surface area (Å²) in [5.41, 5.74) is 2.22. The zero-order valence-corrected chi connectivity index (χ0v) is 15.7. The monoisotopic (exact) mass is 343 g/mol. The predicted molar refractivity (Wildman–Crippen MR) is 102 cm³/mol. The summed E-state index contributed by atoms with van der Waals surface area (Å²) in [7, 11) is 3.91. The average Bonchev–Trinajstić information content (AvgIpc) is 3.13. The minimum absolute atomic E-state index is 0.583. The van der Waals surface area contributed by atoms with E-state index >= 15 is 0 Å². The van der Waals surface area contributed by atoms with Crippen molar-refractivity contribution in [1.82, 2.24) is 20.4 Å². The lowest BCUT2D eigenvalue weighted by molar-refractivity contribution is 0.423. The van der Waals surface area contributed by atoms with Gasteiger partial charge in [0.2, 0.25) is 0 Å². The van der Waals surface area contributed by atoms with E-state index in [4.69, 9.17) is 4.52 Å². The molecule has 0 amide bonds. The first kappa shape index (κ1) is 19.0. The highest BCUT2D eigenvalue weighted by atomic mass is 16.5. The molecule has 0 aliphatic heterocycles. The van der Waals surface area contributed by atoms with E-state index in [0.29, 0.717) is 5.89 Å². The second-order valence-electron chi connectivity index (χ2n) is 6.07. The molecule has 0 unspecified atom stereocenters. The summed E-state index contributed by atoms with van der Waals surface area (Å²) in [4.78, 5) is 10.9. The fourth-order valence-electron chi connectivity index (χ4n) is 2.53. The molecule has 25 heavy (non-hydrogen) atoms. The zero-order valence-electron chi connectivity index (χ0n) is 15.7. The van der Waals surface area contributed by atoms with Crippen molar-refractivity contribution < 1.29 is 4.52 Å². The normalized spacial score (nSPS) is 11.6. The molecule has 0 aliphatic carbocycles. The van der Waals surface area contributed by atoms with Gasteiger partial charge in [-0.15, -0.1) is 0 Å². The first-order chi connectivity index (χ1) is 12.2. The van der Waals surface area contributed by atoms with Crippen LogP contribution in [0.25, 0.3) is 11.5 Å². The van der Waals surface area contributed by atoms with E-state index in [-0.39, 0.29) is 0 Å². The van der Waals surface area contributed by atoms with Crippen LogP contribution in [0.5, 0.6) is 0 Å². The Kier molecular flexibility index (Phi) is 7.44. The third-order valence-electron chi connectivity index (χ3n) is 4.10. The second kappa shape index (κ2) is 9.81. The summed E-state index contributed by atoms with van der Waals surface area (Å²) in [6.07, 6.45) is 4.08. The first-order valence-corrected chi connectivity index (χ1v) is 9.01. The van der Waals surface area contributed by atoms with Crippen LogP contribution in [-0.4, -0.2) is 48.2 Å². The Labute approximate surface area is 150 Å². The minimum Gasteiger partial charge on any atom is -0.356 e. The summed E-state index contributed by atoms with van der Waals surface area (Å²) in [5, 5.41) is 7.35. The zero-order chi connectivity index (χ0) is 18.1. The number of guanidine groups is 1. The fourth-order valence-corrected chi connectivity index (χ4v) is 2.53. The van der Waals surface area contributed by atoms with Crippen LogP contribution in [0, 0.1) is 0 Å². The molecular weight excluding hydrogens is 314 g/mol. The van der Waals surface area contributed by atoms with E-state index in [1.54, 1.807) is 0 Å². The highest BCUT2D eigenvalue weighted by Gasteiger charge is 2.08. The Morgan fingerprint density at radius 3 is 2.60 bits per heavy atom. The quantitative estimate of drug-likeness (QED) is 0.589. The van der Waals surface area contributed by atoms with Gasteiger partial charge in [-0.2, -0.15) is 4.98 Å². The van der Waals surface area contributed by atoms with Gasteiger partial charge in [0, 0.05) is 39.2 Å². The lowest BCUT2D eigenvalue weighted by Crippen LogP contribution is -2.40. The van der Waals surface area contributed by atoms with Gasteiger partial charge in [0.1, 0.15) is 0 Å². The van der Waals surface area contributed by atoms with Gasteiger partial charge in [0.05, 0.1) is 0 Å². The molecule has 0 atom stereocenters. The summed E-state index contributed by atoms with van der Waals surface area (Å²) < 4.78 is 5.27. The number of nitrogens with one attached hydrogen (secondary N) is 1. The van der Waals surface area contributed by atoms with Gasteiger partial charge in [-0.25, -0.2) is 0 Å². The molecule has 1 N–H and O–H groups in total. The highest BCUT2D eigenvalue weighted by Crippen LogP contribution is 2.18. The summed E-state index contributed by atoms with van der Waals surface area (Å²) in [6, 6.07) is 8.28. The smallest absolute Gasteiger partial charge is 0.257 e. The maximum Gasteiger partial charge on any atom is 0.257 e. The van der Waals surface area contributed by atoms with Gasteiger partial charge in [-0.05, 0) is 30.5 Å². The van der Waals surface area contributed by atoms with Crippen LogP contribution in [0.15, 0.2) is 33.8 Å². The van der Waals surface area contributed by atoms with Crippen molar-refractivity contribution in [1.29, 1.82) is 0 Å². The van der Waals surface area contributed by atoms with E-state index in [1.807, 2.05) is 26.1 Å². The Morgan fingerprint density at radius 1 is 1.24 bits per heavy atom. The number of aromatic nitrogens is 2. The molecule has 1 aromatic heterocycles. The number of aryl methyl sites for hydroxylation is 1. The predicted octanol–water partition coefficient (Wildman–Crippen LogP) is 3.15. The van der Waals surface area contributed by atoms with E-state index in [9.17, 15) is 0 Å². The number of nitrogens with zero attached hydrogens (tertiary/aromatic N) is 4. The van der Waals surface area contributed by atoms with Gasteiger partial charge in [0.15, 0.2) is 11.8 Å². The average molecular weight is 343 g/mol. The standard InChI is InChI=1S/C19H29N5O/c1-5-7-14-24(4)19(20-3)21-13-12-15-8-10-16(11-9-15)18-22-17(6-2)23-25-18/h8-11H,5-7,12-14H2,1-4H3,(H,20,21). The number of hydrogen-bond donors (Lipinski definition) is 1. The van der Waals surface area contributed by atoms with Gasteiger partial charge >= 0.3 is 0 Å². The van der Waals surface area contributed by atoms with Crippen LogP contribution in [-0.2, 0) is 12.8 Å². The molecular formula is C19H29N5O. The summed E-state index contributed by atoms with van der Waals surface area (Å²) >= 11 is 0. The molecule has 0 saturated heterocycles. The van der Waals surface area contributed by atoms with Crippen LogP contribution in [0.1, 0.15) is 38.1 Å². The molecule has 1 aromatic carbocycles. The highest BCUT2D eigenvalue weighted by molar-refractivity contribution is 5.79. The van der Waals surface area contributed by atoms with Crippen molar-refractivity contribution >= 4 is 5.96 Å². The maximum absolute atomic E-state index is 5.27. The molecule has 2 aromatic rings. The Bertz CT molecular complexity index is 663. The van der Waals surface area contributed by atoms with Gasteiger partial charge < -0.3 is 14.7 Å².